The predicted octanol–water partition coefficient (Wildman–Crippen LogP) is 3.37. The Morgan fingerprint density at radius 3 is 1.60 bits per heavy atom. The minimum absolute atomic E-state index is 0. The summed E-state index contributed by atoms with van der Waals surface area (Å²) in [6.07, 6.45) is 0. The first-order chi connectivity index (χ1) is 6.75. The Morgan fingerprint density at radius 1 is 0.733 bits per heavy atom. The van der Waals surface area contributed by atoms with Crippen molar-refractivity contribution in [3.8, 4) is 16.9 Å². The van der Waals surface area contributed by atoms with Gasteiger partial charge in [0.15, 0.2) is 0 Å². The molecule has 0 aromatic heterocycles. The van der Waals surface area contributed by atoms with Gasteiger partial charge < -0.3 is 5.11 Å². The molecule has 2 rings (SSSR count). The molecule has 0 spiro atoms. The van der Waals surface area contributed by atoms with Crippen LogP contribution in [0.25, 0.3) is 11.1 Å². The van der Waals surface area contributed by atoms with E-state index in [4.69, 9.17) is 5.11 Å². The maximum atomic E-state index is 9.15. The predicted molar refractivity (Wildman–Crippen MR) is 58.3 cm³/mol. The van der Waals surface area contributed by atoms with Gasteiger partial charge in [-0.15, -0.1) is 0 Å². The average molecular weight is 411 g/mol. The van der Waals surface area contributed by atoms with Crippen LogP contribution in [-0.2, 0) is 0 Å². The Bertz CT molecular complexity index is 374. The smallest absolute Gasteiger partial charge is 0.115 e. The molecule has 1 nitrogen and oxygen atoms in total. The Kier molecular flexibility index (Phi) is 4.83. The Labute approximate surface area is 126 Å². The van der Waals surface area contributed by atoms with Gasteiger partial charge >= 0.3 is 0 Å². The molecule has 2 aromatic rings. The molecule has 2 heteroatoms. The molecule has 0 saturated heterocycles. The fourth-order valence-electron chi connectivity index (χ4n) is 1.40. The first-order valence-corrected chi connectivity index (χ1v) is 4.62. The summed E-state index contributed by atoms with van der Waals surface area (Å²) in [5.74, 6) is 0.306. The third-order valence-corrected chi connectivity index (χ3v) is 2.25. The molecule has 0 aliphatic heterocycles. The summed E-state index contributed by atoms with van der Waals surface area (Å²) in [6, 6.07) is 15.6. The van der Waals surface area contributed by atoms with Crippen molar-refractivity contribution < 1.29 is 49.2 Å². The molecule has 0 aliphatic rings. The van der Waals surface area contributed by atoms with Gasteiger partial charge in [-0.05, 0) is 30.2 Å². The summed E-state index contributed by atoms with van der Waals surface area (Å²) >= 11 is 0. The second kappa shape index (κ2) is 5.68. The third-order valence-electron chi connectivity index (χ3n) is 2.25. The third kappa shape index (κ3) is 3.33. The number of aryl methyl sites for hydroxylation is 1. The Morgan fingerprint density at radius 2 is 1.13 bits per heavy atom. The number of phenolic OH excluding ortho intramolecular Hbond substituents is 1. The molecular weight excluding hydrogens is 399 g/mol. The minimum atomic E-state index is 0. The molecular formula is C13H12AcO. The number of hydrogen-bond acceptors (Lipinski definition) is 1. The van der Waals surface area contributed by atoms with Crippen LogP contribution in [0, 0.1) is 51.0 Å². The van der Waals surface area contributed by atoms with E-state index in [9.17, 15) is 0 Å². The van der Waals surface area contributed by atoms with E-state index in [2.05, 4.69) is 31.2 Å². The first kappa shape index (κ1) is 12.7. The molecule has 0 unspecified atom stereocenters. The molecule has 0 saturated carbocycles. The quantitative estimate of drug-likeness (QED) is 0.763. The average Bonchev–Trinajstić information content (AvgIpc) is 2.21. The van der Waals surface area contributed by atoms with Crippen molar-refractivity contribution in [2.75, 3.05) is 0 Å². The van der Waals surface area contributed by atoms with Crippen LogP contribution in [0.4, 0.5) is 0 Å². The number of benzene rings is 2. The number of rotatable bonds is 1. The van der Waals surface area contributed by atoms with Gasteiger partial charge in [-0.3, -0.25) is 0 Å². The van der Waals surface area contributed by atoms with E-state index in [0.29, 0.717) is 5.75 Å². The molecule has 2 aromatic carbocycles. The van der Waals surface area contributed by atoms with Gasteiger partial charge in [0.25, 0.3) is 0 Å². The molecule has 0 bridgehead atoms. The normalized spacial score (nSPS) is 9.40. The zero-order chi connectivity index (χ0) is 9.97. The summed E-state index contributed by atoms with van der Waals surface area (Å²) in [7, 11) is 0. The number of hydrogen-bond donors (Lipinski definition) is 1. The van der Waals surface area contributed by atoms with E-state index >= 15 is 0 Å². The Hall–Kier alpha value is -0.318. The summed E-state index contributed by atoms with van der Waals surface area (Å²) in [5, 5.41) is 9.15. The van der Waals surface area contributed by atoms with Crippen LogP contribution in [0.1, 0.15) is 5.56 Å². The van der Waals surface area contributed by atoms with Crippen molar-refractivity contribution in [2.45, 2.75) is 6.92 Å². The molecule has 73 valence electrons. The van der Waals surface area contributed by atoms with E-state index in [1.807, 2.05) is 12.1 Å². The molecule has 1 radical (unpaired) electrons. The molecule has 0 aliphatic carbocycles. The van der Waals surface area contributed by atoms with E-state index < -0.39 is 0 Å². The summed E-state index contributed by atoms with van der Waals surface area (Å²) < 4.78 is 0. The van der Waals surface area contributed by atoms with E-state index in [-0.39, 0.29) is 44.1 Å². The fourth-order valence-corrected chi connectivity index (χ4v) is 1.40. The van der Waals surface area contributed by atoms with Crippen LogP contribution in [0.3, 0.4) is 0 Å². The van der Waals surface area contributed by atoms with E-state index in [1.54, 1.807) is 12.1 Å². The van der Waals surface area contributed by atoms with Crippen molar-refractivity contribution in [2.24, 2.45) is 0 Å². The number of phenols is 1. The van der Waals surface area contributed by atoms with Gasteiger partial charge in [0.2, 0.25) is 0 Å². The molecule has 15 heavy (non-hydrogen) atoms. The molecule has 1 N–H and O–H groups in total. The van der Waals surface area contributed by atoms with Gasteiger partial charge in [0.05, 0.1) is 0 Å². The number of aromatic hydroxyl groups is 1. The van der Waals surface area contributed by atoms with Crippen LogP contribution < -0.4 is 0 Å². The van der Waals surface area contributed by atoms with Crippen molar-refractivity contribution in [3.05, 3.63) is 54.1 Å². The van der Waals surface area contributed by atoms with Gasteiger partial charge in [0.1, 0.15) is 5.75 Å². The molecule has 0 heterocycles. The first-order valence-electron chi connectivity index (χ1n) is 4.62. The van der Waals surface area contributed by atoms with E-state index in [0.717, 1.165) is 5.56 Å². The fraction of sp³-hybridized carbons (Fsp3) is 0.0769. The van der Waals surface area contributed by atoms with E-state index in [1.165, 1.54) is 11.1 Å². The second-order valence-corrected chi connectivity index (χ2v) is 3.41. The maximum Gasteiger partial charge on any atom is 0.115 e. The maximum absolute atomic E-state index is 9.15. The minimum Gasteiger partial charge on any atom is -0.508 e. The zero-order valence-electron chi connectivity index (χ0n) is 8.64. The molecule has 0 fully saturated rings. The summed E-state index contributed by atoms with van der Waals surface area (Å²) in [5.41, 5.74) is 3.56. The molecule has 0 amide bonds. The van der Waals surface area contributed by atoms with Crippen molar-refractivity contribution in [1.29, 1.82) is 0 Å². The van der Waals surface area contributed by atoms with Crippen LogP contribution >= 0.6 is 0 Å². The van der Waals surface area contributed by atoms with Crippen LogP contribution in [0.15, 0.2) is 48.5 Å². The topological polar surface area (TPSA) is 20.2 Å². The standard InChI is InChI=1S/C13H12O.Ac/c1-10-2-4-11(5-3-10)12-6-8-13(14)9-7-12;/h2-9,14H,1H3;. The van der Waals surface area contributed by atoms with Crippen molar-refractivity contribution in [3.63, 3.8) is 0 Å². The van der Waals surface area contributed by atoms with Crippen LogP contribution in [0.2, 0.25) is 0 Å². The van der Waals surface area contributed by atoms with Crippen molar-refractivity contribution in [1.82, 2.24) is 0 Å². The van der Waals surface area contributed by atoms with Gasteiger partial charge in [-0.25, -0.2) is 0 Å². The Balaban J connectivity index is 0.00000112. The second-order valence-electron chi connectivity index (χ2n) is 3.41. The van der Waals surface area contributed by atoms with Gasteiger partial charge in [-0.1, -0.05) is 42.0 Å². The molecule has 0 atom stereocenters. The monoisotopic (exact) mass is 411 g/mol. The SMILES string of the molecule is Cc1ccc(-c2ccc(O)cc2)cc1.[Ac]. The van der Waals surface area contributed by atoms with Gasteiger partial charge in [-0.2, -0.15) is 0 Å². The van der Waals surface area contributed by atoms with Gasteiger partial charge in [0, 0.05) is 44.1 Å². The summed E-state index contributed by atoms with van der Waals surface area (Å²) in [4.78, 5) is 0. The zero-order valence-corrected chi connectivity index (χ0v) is 13.4. The summed E-state index contributed by atoms with van der Waals surface area (Å²) in [6.45, 7) is 2.07. The largest absolute Gasteiger partial charge is 0.508 e. The van der Waals surface area contributed by atoms with Crippen LogP contribution in [-0.4, -0.2) is 5.11 Å². The van der Waals surface area contributed by atoms with Crippen LogP contribution in [0.5, 0.6) is 5.75 Å². The van der Waals surface area contributed by atoms with Crippen molar-refractivity contribution >= 4 is 0 Å².